The van der Waals surface area contributed by atoms with Gasteiger partial charge in [0.1, 0.15) is 11.6 Å². The van der Waals surface area contributed by atoms with Gasteiger partial charge in [-0.2, -0.15) is 10.4 Å². The van der Waals surface area contributed by atoms with Gasteiger partial charge < -0.3 is 0 Å². The van der Waals surface area contributed by atoms with Gasteiger partial charge in [0.2, 0.25) is 0 Å². The van der Waals surface area contributed by atoms with Gasteiger partial charge in [-0.1, -0.05) is 53.2 Å². The van der Waals surface area contributed by atoms with Crippen molar-refractivity contribution in [3.63, 3.8) is 0 Å². The molecule has 0 fully saturated rings. The second-order valence-electron chi connectivity index (χ2n) is 8.25. The van der Waals surface area contributed by atoms with Crippen LogP contribution in [0, 0.1) is 11.3 Å². The topological polar surface area (TPSA) is 67.4 Å². The Hall–Kier alpha value is -1.72. The summed E-state index contributed by atoms with van der Waals surface area (Å²) in [5.74, 6) is -0.459. The molecular formula is C21H34N2O3. The summed E-state index contributed by atoms with van der Waals surface area (Å²) < 4.78 is 0. The molecule has 5 heteroatoms. The molecule has 1 aromatic rings. The van der Waals surface area contributed by atoms with Crippen molar-refractivity contribution < 1.29 is 14.5 Å². The number of carbonyl (C=O) groups is 2. The van der Waals surface area contributed by atoms with Gasteiger partial charge in [0.25, 0.3) is 0 Å². The smallest absolute Gasteiger partial charge is 0.148 e. The molecule has 0 aromatic heterocycles. The minimum Gasteiger partial charge on any atom is -0.299 e. The van der Waals surface area contributed by atoms with Crippen molar-refractivity contribution in [2.24, 2.45) is 11.3 Å². The van der Waals surface area contributed by atoms with E-state index in [9.17, 15) is 9.59 Å². The first-order valence-corrected chi connectivity index (χ1v) is 9.29. The number of benzene rings is 1. The zero-order valence-corrected chi connectivity index (χ0v) is 17.2. The van der Waals surface area contributed by atoms with E-state index >= 15 is 0 Å². The fraction of sp³-hybridized carbons (Fsp3) is 0.619. The van der Waals surface area contributed by atoms with E-state index in [1.165, 1.54) is 6.92 Å². The van der Waals surface area contributed by atoms with Gasteiger partial charge in [0.15, 0.2) is 0 Å². The van der Waals surface area contributed by atoms with Gasteiger partial charge in [-0.25, -0.2) is 5.48 Å². The van der Waals surface area contributed by atoms with Crippen LogP contribution in [0.5, 0.6) is 0 Å². The molecule has 0 radical (unpaired) electrons. The molecule has 0 aliphatic heterocycles. The molecule has 0 spiro atoms. The summed E-state index contributed by atoms with van der Waals surface area (Å²) in [7, 11) is 1.68. The van der Waals surface area contributed by atoms with E-state index in [2.05, 4.69) is 24.8 Å². The monoisotopic (exact) mass is 362 g/mol. The molecule has 0 heterocycles. The molecule has 1 atom stereocenters. The Balaban J connectivity index is 2.94. The zero-order chi connectivity index (χ0) is 20.0. The molecule has 1 aromatic carbocycles. The first-order valence-electron chi connectivity index (χ1n) is 9.29. The van der Waals surface area contributed by atoms with Crippen LogP contribution >= 0.6 is 0 Å². The molecule has 0 aliphatic rings. The van der Waals surface area contributed by atoms with Gasteiger partial charge >= 0.3 is 0 Å². The summed E-state index contributed by atoms with van der Waals surface area (Å²) in [4.78, 5) is 29.9. The fourth-order valence-corrected chi connectivity index (χ4v) is 3.67. The highest BCUT2D eigenvalue weighted by molar-refractivity contribution is 6.03. The van der Waals surface area contributed by atoms with Crippen LogP contribution in [0.3, 0.4) is 0 Å². The Morgan fingerprint density at radius 3 is 2.15 bits per heavy atom. The number of hydroxylamine groups is 1. The SMILES string of the molecule is CCCC(C(C)=O)C(=O)C(C)(C)CC(C)(C)c1ccc(NONC)cc1. The van der Waals surface area contributed by atoms with Crippen molar-refractivity contribution in [2.45, 2.75) is 66.2 Å². The van der Waals surface area contributed by atoms with E-state index in [1.807, 2.05) is 45.0 Å². The Bertz CT molecular complexity index is 606. The van der Waals surface area contributed by atoms with Crippen LogP contribution in [0.1, 0.15) is 66.4 Å². The van der Waals surface area contributed by atoms with Crippen molar-refractivity contribution in [3.05, 3.63) is 29.8 Å². The van der Waals surface area contributed by atoms with Gasteiger partial charge in [0.05, 0.1) is 11.6 Å². The van der Waals surface area contributed by atoms with Crippen LogP contribution in [-0.2, 0) is 19.9 Å². The van der Waals surface area contributed by atoms with Crippen LogP contribution in [0.2, 0.25) is 0 Å². The third kappa shape index (κ3) is 5.92. The van der Waals surface area contributed by atoms with Crippen molar-refractivity contribution in [3.8, 4) is 0 Å². The number of nitrogens with one attached hydrogen (secondary N) is 2. The van der Waals surface area contributed by atoms with Crippen LogP contribution in [0.25, 0.3) is 0 Å². The molecule has 5 nitrogen and oxygen atoms in total. The summed E-state index contributed by atoms with van der Waals surface area (Å²) in [6, 6.07) is 7.96. The van der Waals surface area contributed by atoms with Gasteiger partial charge in [-0.3, -0.25) is 9.59 Å². The van der Waals surface area contributed by atoms with Crippen LogP contribution in [0.15, 0.2) is 24.3 Å². The molecule has 0 bridgehead atoms. The molecule has 26 heavy (non-hydrogen) atoms. The molecule has 146 valence electrons. The lowest BCUT2D eigenvalue weighted by Gasteiger charge is -2.36. The minimum atomic E-state index is -0.568. The van der Waals surface area contributed by atoms with E-state index in [1.54, 1.807) is 7.05 Å². The Morgan fingerprint density at radius 2 is 1.69 bits per heavy atom. The number of Topliss-reactive ketones (excluding diaryl/α,β-unsaturated/α-hetero) is 2. The normalized spacial score (nSPS) is 13.3. The average molecular weight is 363 g/mol. The van der Waals surface area contributed by atoms with E-state index in [-0.39, 0.29) is 17.0 Å². The Labute approximate surface area is 157 Å². The number of rotatable bonds is 11. The number of carbonyl (C=O) groups excluding carboxylic acids is 2. The fourth-order valence-electron chi connectivity index (χ4n) is 3.67. The van der Waals surface area contributed by atoms with Crippen LogP contribution in [-0.4, -0.2) is 18.6 Å². The lowest BCUT2D eigenvalue weighted by atomic mass is 9.67. The van der Waals surface area contributed by atoms with Crippen LogP contribution in [0.4, 0.5) is 5.69 Å². The number of hydrogen-bond acceptors (Lipinski definition) is 5. The summed E-state index contributed by atoms with van der Waals surface area (Å²) in [5, 5.41) is 0. The molecule has 1 unspecified atom stereocenters. The first-order chi connectivity index (χ1) is 12.0. The molecule has 2 N–H and O–H groups in total. The summed E-state index contributed by atoms with van der Waals surface area (Å²) >= 11 is 0. The maximum absolute atomic E-state index is 13.0. The molecule has 0 saturated carbocycles. The van der Waals surface area contributed by atoms with E-state index in [0.717, 1.165) is 17.7 Å². The van der Waals surface area contributed by atoms with Gasteiger partial charge in [-0.15, -0.1) is 0 Å². The highest BCUT2D eigenvalue weighted by Gasteiger charge is 2.39. The molecule has 1 rings (SSSR count). The van der Waals surface area contributed by atoms with E-state index < -0.39 is 11.3 Å². The second kappa shape index (κ2) is 9.28. The lowest BCUT2D eigenvalue weighted by Crippen LogP contribution is -2.39. The van der Waals surface area contributed by atoms with Crippen molar-refractivity contribution >= 4 is 17.3 Å². The largest absolute Gasteiger partial charge is 0.299 e. The summed E-state index contributed by atoms with van der Waals surface area (Å²) in [6.07, 6.45) is 2.13. The van der Waals surface area contributed by atoms with E-state index in [4.69, 9.17) is 4.94 Å². The van der Waals surface area contributed by atoms with Crippen molar-refractivity contribution in [1.29, 1.82) is 0 Å². The Morgan fingerprint density at radius 1 is 1.12 bits per heavy atom. The van der Waals surface area contributed by atoms with E-state index in [0.29, 0.717) is 12.8 Å². The predicted octanol–water partition coefficient (Wildman–Crippen LogP) is 4.43. The van der Waals surface area contributed by atoms with Gasteiger partial charge in [-0.05, 0) is 42.9 Å². The standard InChI is InChI=1S/C21H34N2O3/c1-8-9-18(15(2)24)19(25)21(5,6)14-20(3,4)16-10-12-17(13-11-16)23-26-22-7/h10-13,18,22-23H,8-9,14H2,1-7H3. The van der Waals surface area contributed by atoms with Crippen molar-refractivity contribution in [2.75, 3.05) is 12.5 Å². The quantitative estimate of drug-likeness (QED) is 0.450. The minimum absolute atomic E-state index is 0.0253. The molecule has 0 amide bonds. The highest BCUT2D eigenvalue weighted by Crippen LogP contribution is 2.39. The zero-order valence-electron chi connectivity index (χ0n) is 17.2. The molecule has 0 aliphatic carbocycles. The number of ketones is 2. The maximum Gasteiger partial charge on any atom is 0.148 e. The first kappa shape index (κ1) is 22.3. The summed E-state index contributed by atoms with van der Waals surface area (Å²) in [6.45, 7) is 11.7. The second-order valence-corrected chi connectivity index (χ2v) is 8.25. The summed E-state index contributed by atoms with van der Waals surface area (Å²) in [5.41, 5.74) is 6.55. The third-order valence-electron chi connectivity index (χ3n) is 4.87. The predicted molar refractivity (Wildman–Crippen MR) is 106 cm³/mol. The Kier molecular flexibility index (Phi) is 7.97. The third-order valence-corrected chi connectivity index (χ3v) is 4.87. The molecule has 0 saturated heterocycles. The number of hydrogen-bond donors (Lipinski definition) is 2. The molecular weight excluding hydrogens is 328 g/mol. The van der Waals surface area contributed by atoms with Gasteiger partial charge in [0, 0.05) is 12.5 Å². The highest BCUT2D eigenvalue weighted by atomic mass is 16.8. The number of anilines is 1. The van der Waals surface area contributed by atoms with Crippen LogP contribution < -0.4 is 11.0 Å². The average Bonchev–Trinajstić information content (AvgIpc) is 2.56. The lowest BCUT2D eigenvalue weighted by molar-refractivity contribution is -0.138. The van der Waals surface area contributed by atoms with Crippen molar-refractivity contribution in [1.82, 2.24) is 5.48 Å². The maximum atomic E-state index is 13.0.